The van der Waals surface area contributed by atoms with E-state index in [4.69, 9.17) is 4.74 Å². The Morgan fingerprint density at radius 2 is 1.79 bits per heavy atom. The Bertz CT molecular complexity index is 828. The second kappa shape index (κ2) is 10.5. The van der Waals surface area contributed by atoms with Gasteiger partial charge in [-0.15, -0.1) is 0 Å². The van der Waals surface area contributed by atoms with E-state index in [0.717, 1.165) is 24.3 Å². The summed E-state index contributed by atoms with van der Waals surface area (Å²) in [7, 11) is 0. The van der Waals surface area contributed by atoms with Gasteiger partial charge in [-0.1, -0.05) is 31.5 Å². The predicted octanol–water partition coefficient (Wildman–Crippen LogP) is 4.44. The molecule has 0 heterocycles. The molecule has 6 heteroatoms. The second-order valence-electron chi connectivity index (χ2n) is 7.88. The third-order valence-corrected chi connectivity index (χ3v) is 3.98. The molecule has 0 saturated carbocycles. The Balaban J connectivity index is 1.93. The standard InChI is InChI=1S/C23H31N3O3/c1-5-6-14-29-20-13-8-7-12-19(20)24-16-21(27)25-18-11-9-10-17(15-18)22(28)26-23(2,3)4/h7-13,15,24H,5-6,14,16H2,1-4H3,(H,25,27)(H,26,28). The molecule has 0 saturated heterocycles. The molecule has 0 atom stereocenters. The summed E-state index contributed by atoms with van der Waals surface area (Å²) in [5, 5.41) is 8.84. The van der Waals surface area contributed by atoms with Crippen molar-refractivity contribution >= 4 is 23.2 Å². The molecule has 0 aliphatic carbocycles. The number of rotatable bonds is 9. The van der Waals surface area contributed by atoms with Crippen molar-refractivity contribution in [1.82, 2.24) is 5.32 Å². The first-order valence-electron chi connectivity index (χ1n) is 9.96. The lowest BCUT2D eigenvalue weighted by Crippen LogP contribution is -2.40. The molecule has 29 heavy (non-hydrogen) atoms. The number of carbonyl (C=O) groups excluding carboxylic acids is 2. The second-order valence-corrected chi connectivity index (χ2v) is 7.88. The van der Waals surface area contributed by atoms with Crippen molar-refractivity contribution in [2.45, 2.75) is 46.1 Å². The molecule has 0 aliphatic rings. The Morgan fingerprint density at radius 1 is 1.03 bits per heavy atom. The van der Waals surface area contributed by atoms with E-state index in [9.17, 15) is 9.59 Å². The molecule has 0 bridgehead atoms. The van der Waals surface area contributed by atoms with E-state index in [1.54, 1.807) is 24.3 Å². The Kier molecular flexibility index (Phi) is 8.07. The normalized spacial score (nSPS) is 10.9. The van der Waals surface area contributed by atoms with Gasteiger partial charge in [0.2, 0.25) is 5.91 Å². The van der Waals surface area contributed by atoms with Gasteiger partial charge in [-0.05, 0) is 57.5 Å². The van der Waals surface area contributed by atoms with E-state index < -0.39 is 0 Å². The molecule has 0 aromatic heterocycles. The van der Waals surface area contributed by atoms with Crippen LogP contribution in [0.3, 0.4) is 0 Å². The number of para-hydroxylation sites is 2. The number of hydrogen-bond acceptors (Lipinski definition) is 4. The Labute approximate surface area is 173 Å². The summed E-state index contributed by atoms with van der Waals surface area (Å²) in [5.74, 6) is 0.348. The Hall–Kier alpha value is -3.02. The van der Waals surface area contributed by atoms with Gasteiger partial charge in [0.25, 0.3) is 5.91 Å². The lowest BCUT2D eigenvalue weighted by atomic mass is 10.1. The number of unbranched alkanes of at least 4 members (excludes halogenated alkanes) is 1. The van der Waals surface area contributed by atoms with Crippen LogP contribution in [0.2, 0.25) is 0 Å². The highest BCUT2D eigenvalue weighted by atomic mass is 16.5. The summed E-state index contributed by atoms with van der Waals surface area (Å²) in [4.78, 5) is 24.7. The number of anilines is 2. The van der Waals surface area contributed by atoms with E-state index >= 15 is 0 Å². The van der Waals surface area contributed by atoms with Gasteiger partial charge in [0.1, 0.15) is 5.75 Å². The largest absolute Gasteiger partial charge is 0.491 e. The average Bonchev–Trinajstić information content (AvgIpc) is 2.66. The van der Waals surface area contributed by atoms with Gasteiger partial charge in [0.05, 0.1) is 18.8 Å². The summed E-state index contributed by atoms with van der Waals surface area (Å²) >= 11 is 0. The Morgan fingerprint density at radius 3 is 2.52 bits per heavy atom. The number of benzene rings is 2. The molecular weight excluding hydrogens is 366 g/mol. The van der Waals surface area contributed by atoms with Gasteiger partial charge in [0, 0.05) is 16.8 Å². The van der Waals surface area contributed by atoms with Gasteiger partial charge in [0.15, 0.2) is 0 Å². The van der Waals surface area contributed by atoms with Gasteiger partial charge < -0.3 is 20.7 Å². The minimum atomic E-state index is -0.327. The summed E-state index contributed by atoms with van der Waals surface area (Å²) in [6, 6.07) is 14.5. The zero-order valence-electron chi connectivity index (χ0n) is 17.7. The van der Waals surface area contributed by atoms with E-state index in [2.05, 4.69) is 22.9 Å². The topological polar surface area (TPSA) is 79.5 Å². The smallest absolute Gasteiger partial charge is 0.251 e. The van der Waals surface area contributed by atoms with Crippen molar-refractivity contribution in [3.63, 3.8) is 0 Å². The van der Waals surface area contributed by atoms with Crippen LogP contribution in [0.5, 0.6) is 5.75 Å². The highest BCUT2D eigenvalue weighted by molar-refractivity contribution is 5.98. The van der Waals surface area contributed by atoms with Crippen LogP contribution in [-0.2, 0) is 4.79 Å². The molecule has 2 aromatic carbocycles. The first-order valence-corrected chi connectivity index (χ1v) is 9.96. The van der Waals surface area contributed by atoms with Crippen molar-refractivity contribution in [1.29, 1.82) is 0 Å². The van der Waals surface area contributed by atoms with Crippen LogP contribution in [0, 0.1) is 0 Å². The fourth-order valence-electron chi connectivity index (χ4n) is 2.60. The quantitative estimate of drug-likeness (QED) is 0.547. The molecule has 6 nitrogen and oxygen atoms in total. The SMILES string of the molecule is CCCCOc1ccccc1NCC(=O)Nc1cccc(C(=O)NC(C)(C)C)c1. The molecular formula is C23H31N3O3. The lowest BCUT2D eigenvalue weighted by molar-refractivity contribution is -0.114. The molecule has 156 valence electrons. The molecule has 0 fully saturated rings. The van der Waals surface area contributed by atoms with Gasteiger partial charge in [-0.25, -0.2) is 0 Å². The molecule has 0 radical (unpaired) electrons. The van der Waals surface area contributed by atoms with Crippen molar-refractivity contribution in [2.24, 2.45) is 0 Å². The van der Waals surface area contributed by atoms with Crippen LogP contribution in [-0.4, -0.2) is 30.5 Å². The van der Waals surface area contributed by atoms with Crippen molar-refractivity contribution in [3.8, 4) is 5.75 Å². The van der Waals surface area contributed by atoms with Gasteiger partial charge >= 0.3 is 0 Å². The zero-order valence-corrected chi connectivity index (χ0v) is 17.7. The number of carbonyl (C=O) groups is 2. The van der Waals surface area contributed by atoms with E-state index in [1.165, 1.54) is 0 Å². The van der Waals surface area contributed by atoms with E-state index in [0.29, 0.717) is 17.9 Å². The highest BCUT2D eigenvalue weighted by Gasteiger charge is 2.15. The van der Waals surface area contributed by atoms with Crippen molar-refractivity contribution < 1.29 is 14.3 Å². The van der Waals surface area contributed by atoms with Crippen LogP contribution >= 0.6 is 0 Å². The number of hydrogen-bond donors (Lipinski definition) is 3. The van der Waals surface area contributed by atoms with Crippen molar-refractivity contribution in [3.05, 3.63) is 54.1 Å². The van der Waals surface area contributed by atoms with E-state index in [1.807, 2.05) is 45.0 Å². The molecule has 2 rings (SSSR count). The van der Waals surface area contributed by atoms with Gasteiger partial charge in [-0.3, -0.25) is 9.59 Å². The maximum Gasteiger partial charge on any atom is 0.251 e. The minimum absolute atomic E-state index is 0.0898. The first-order chi connectivity index (χ1) is 13.8. The summed E-state index contributed by atoms with van der Waals surface area (Å²) in [6.45, 7) is 8.61. The lowest BCUT2D eigenvalue weighted by Gasteiger charge is -2.20. The number of nitrogens with one attached hydrogen (secondary N) is 3. The summed E-state index contributed by atoms with van der Waals surface area (Å²) < 4.78 is 5.77. The molecule has 2 amide bonds. The van der Waals surface area contributed by atoms with Crippen LogP contribution < -0.4 is 20.7 Å². The third kappa shape index (κ3) is 7.86. The monoisotopic (exact) mass is 397 g/mol. The van der Waals surface area contributed by atoms with Crippen LogP contribution in [0.4, 0.5) is 11.4 Å². The van der Waals surface area contributed by atoms with Crippen LogP contribution in [0.15, 0.2) is 48.5 Å². The third-order valence-electron chi connectivity index (χ3n) is 3.98. The first kappa shape index (κ1) is 22.3. The molecule has 0 aliphatic heterocycles. The highest BCUT2D eigenvalue weighted by Crippen LogP contribution is 2.23. The van der Waals surface area contributed by atoms with Gasteiger partial charge in [-0.2, -0.15) is 0 Å². The molecule has 2 aromatic rings. The maximum absolute atomic E-state index is 12.4. The van der Waals surface area contributed by atoms with Crippen LogP contribution in [0.25, 0.3) is 0 Å². The van der Waals surface area contributed by atoms with Crippen LogP contribution in [0.1, 0.15) is 50.9 Å². The molecule has 0 unspecified atom stereocenters. The summed E-state index contributed by atoms with van der Waals surface area (Å²) in [6.07, 6.45) is 2.04. The van der Waals surface area contributed by atoms with E-state index in [-0.39, 0.29) is 23.9 Å². The fourth-order valence-corrected chi connectivity index (χ4v) is 2.60. The predicted molar refractivity (Wildman–Crippen MR) is 118 cm³/mol. The molecule has 3 N–H and O–H groups in total. The minimum Gasteiger partial charge on any atom is -0.491 e. The number of amides is 2. The van der Waals surface area contributed by atoms with Crippen molar-refractivity contribution in [2.75, 3.05) is 23.8 Å². The molecule has 0 spiro atoms. The maximum atomic E-state index is 12.4. The summed E-state index contributed by atoms with van der Waals surface area (Å²) in [5.41, 5.74) is 1.52. The average molecular weight is 398 g/mol. The number of ether oxygens (including phenoxy) is 1. The fraction of sp³-hybridized carbons (Fsp3) is 0.391. The zero-order chi connectivity index (χ0) is 21.3.